The molecular formula is C28H32ClN5O6. The lowest BCUT2D eigenvalue weighted by atomic mass is 10.1. The Hall–Kier alpha value is -4.48. The number of carbonyl (C=O) groups is 2. The van der Waals surface area contributed by atoms with Gasteiger partial charge in [-0.25, -0.2) is 4.79 Å². The largest absolute Gasteiger partial charge is 0.490 e. The number of aliphatic carboxylic acids is 1. The molecule has 0 atom stereocenters. The van der Waals surface area contributed by atoms with Crippen LogP contribution in [0.3, 0.4) is 0 Å². The first-order valence-corrected chi connectivity index (χ1v) is 12.8. The second kappa shape index (κ2) is 14.1. The van der Waals surface area contributed by atoms with E-state index < -0.39 is 18.5 Å². The van der Waals surface area contributed by atoms with Crippen molar-refractivity contribution in [3.05, 3.63) is 76.3 Å². The number of rotatable bonds is 14. The Morgan fingerprint density at radius 3 is 2.45 bits per heavy atom. The fourth-order valence-electron chi connectivity index (χ4n) is 3.82. The van der Waals surface area contributed by atoms with Gasteiger partial charge in [-0.1, -0.05) is 11.6 Å². The number of aliphatic hydroxyl groups is 1. The predicted molar refractivity (Wildman–Crippen MR) is 155 cm³/mol. The maximum atomic E-state index is 13.2. The van der Waals surface area contributed by atoms with E-state index in [-0.39, 0.29) is 30.3 Å². The molecule has 3 aromatic rings. The van der Waals surface area contributed by atoms with Crippen LogP contribution in [0.2, 0.25) is 5.02 Å². The van der Waals surface area contributed by atoms with Crippen LogP contribution in [0.5, 0.6) is 11.5 Å². The summed E-state index contributed by atoms with van der Waals surface area (Å²) in [6.07, 6.45) is 0. The number of nitrogens with zero attached hydrogens (tertiary/aromatic N) is 1. The van der Waals surface area contributed by atoms with Gasteiger partial charge in [-0.15, -0.1) is 0 Å². The number of anilines is 3. The second-order valence-electron chi connectivity index (χ2n) is 8.68. The normalized spacial score (nSPS) is 10.5. The summed E-state index contributed by atoms with van der Waals surface area (Å²) in [6.45, 7) is 1.99. The summed E-state index contributed by atoms with van der Waals surface area (Å²) in [4.78, 5) is 26.3. The lowest BCUT2D eigenvalue weighted by molar-refractivity contribution is -0.139. The molecule has 11 nitrogen and oxygen atoms in total. The molecule has 0 bridgehead atoms. The molecule has 0 heterocycles. The molecule has 3 rings (SSSR count). The van der Waals surface area contributed by atoms with Gasteiger partial charge in [0.05, 0.1) is 18.8 Å². The van der Waals surface area contributed by atoms with Crippen LogP contribution in [0, 0.1) is 5.41 Å². The number of nitrogens with two attached hydrogens (primary N) is 1. The lowest BCUT2D eigenvalue weighted by Crippen LogP contribution is -2.22. The molecule has 0 fully saturated rings. The molecule has 1 amide bonds. The number of nitrogens with one attached hydrogen (secondary N) is 3. The van der Waals surface area contributed by atoms with Crippen LogP contribution in [0.25, 0.3) is 0 Å². The number of carboxylic acids is 1. The quantitative estimate of drug-likeness (QED) is 0.125. The fraction of sp³-hybridized carbons (Fsp3) is 0.250. The Labute approximate surface area is 237 Å². The van der Waals surface area contributed by atoms with Gasteiger partial charge in [0, 0.05) is 59.4 Å². The molecule has 0 saturated heterocycles. The molecule has 0 unspecified atom stereocenters. The molecule has 7 N–H and O–H groups in total. The number of carboxylic acid groups (broad SMARTS) is 1. The molecule has 3 aromatic carbocycles. The monoisotopic (exact) mass is 569 g/mol. The molecular weight excluding hydrogens is 538 g/mol. The Balaban J connectivity index is 1.93. The first-order chi connectivity index (χ1) is 19.1. The number of ether oxygens (including phenoxy) is 2. The number of hydrogen-bond acceptors (Lipinski definition) is 8. The number of amidine groups is 1. The van der Waals surface area contributed by atoms with Crippen LogP contribution >= 0.6 is 11.6 Å². The number of hydrogen-bond donors (Lipinski definition) is 6. The predicted octanol–water partition coefficient (Wildman–Crippen LogP) is 3.78. The SMILES string of the molecule is CCOc1cc(N(C)CCO)cc(CNc2ccc(Cl)cc2C(=O)Nc2ccc(C(=N)N)cc2)c1OCC(=O)O. The zero-order valence-electron chi connectivity index (χ0n) is 22.2. The van der Waals surface area contributed by atoms with Gasteiger partial charge < -0.3 is 41.0 Å². The summed E-state index contributed by atoms with van der Waals surface area (Å²) >= 11 is 6.21. The van der Waals surface area contributed by atoms with Crippen molar-refractivity contribution in [3.63, 3.8) is 0 Å². The van der Waals surface area contributed by atoms with E-state index in [4.69, 9.17) is 32.2 Å². The summed E-state index contributed by atoms with van der Waals surface area (Å²) < 4.78 is 11.4. The van der Waals surface area contributed by atoms with Gasteiger partial charge in [0.25, 0.3) is 5.91 Å². The Morgan fingerprint density at radius 2 is 1.82 bits per heavy atom. The highest BCUT2D eigenvalue weighted by Gasteiger charge is 2.19. The molecule has 0 aromatic heterocycles. The summed E-state index contributed by atoms with van der Waals surface area (Å²) in [6, 6.07) is 14.9. The van der Waals surface area contributed by atoms with Crippen LogP contribution in [0.4, 0.5) is 17.1 Å². The number of benzene rings is 3. The third-order valence-electron chi connectivity index (χ3n) is 5.78. The highest BCUT2D eigenvalue weighted by Crippen LogP contribution is 2.37. The standard InChI is InChI=1S/C28H32ClN5O6/c1-3-39-24-14-21(34(2)10-11-35)12-18(26(24)40-16-25(36)37)15-32-23-9-6-19(29)13-22(23)28(38)33-20-7-4-17(5-8-20)27(30)31/h4-9,12-14,32,35H,3,10-11,15-16H2,1-2H3,(H3,30,31)(H,33,38)(H,36,37). The van der Waals surface area contributed by atoms with E-state index in [1.807, 2.05) is 4.90 Å². The van der Waals surface area contributed by atoms with E-state index in [0.29, 0.717) is 46.4 Å². The summed E-state index contributed by atoms with van der Waals surface area (Å²) in [5.41, 5.74) is 8.58. The van der Waals surface area contributed by atoms with Crippen molar-refractivity contribution in [2.45, 2.75) is 13.5 Å². The van der Waals surface area contributed by atoms with Crippen molar-refractivity contribution < 1.29 is 29.3 Å². The van der Waals surface area contributed by atoms with Crippen molar-refractivity contribution in [2.24, 2.45) is 5.73 Å². The number of likely N-dealkylation sites (N-methyl/N-ethyl adjacent to an activating group) is 1. The third kappa shape index (κ3) is 8.01. The summed E-state index contributed by atoms with van der Waals surface area (Å²) in [7, 11) is 1.81. The molecule has 212 valence electrons. The van der Waals surface area contributed by atoms with Gasteiger partial charge in [0.2, 0.25) is 0 Å². The zero-order valence-corrected chi connectivity index (χ0v) is 22.9. The zero-order chi connectivity index (χ0) is 29.2. The van der Waals surface area contributed by atoms with Crippen LogP contribution in [0.1, 0.15) is 28.4 Å². The Kier molecular flexibility index (Phi) is 10.6. The average Bonchev–Trinajstić information content (AvgIpc) is 2.92. The number of carbonyl (C=O) groups excluding carboxylic acids is 1. The fourth-order valence-corrected chi connectivity index (χ4v) is 3.99. The minimum Gasteiger partial charge on any atom is -0.490 e. The first-order valence-electron chi connectivity index (χ1n) is 12.4. The molecule has 0 aliphatic rings. The van der Waals surface area contributed by atoms with E-state index >= 15 is 0 Å². The van der Waals surface area contributed by atoms with E-state index in [0.717, 1.165) is 5.69 Å². The van der Waals surface area contributed by atoms with Crippen molar-refractivity contribution in [3.8, 4) is 11.5 Å². The summed E-state index contributed by atoms with van der Waals surface area (Å²) in [5, 5.41) is 32.5. The minimum atomic E-state index is -1.14. The second-order valence-corrected chi connectivity index (χ2v) is 9.12. The van der Waals surface area contributed by atoms with Crippen LogP contribution < -0.4 is 30.7 Å². The number of amides is 1. The van der Waals surface area contributed by atoms with Crippen molar-refractivity contribution in [1.29, 1.82) is 5.41 Å². The van der Waals surface area contributed by atoms with Crippen molar-refractivity contribution in [2.75, 3.05) is 48.9 Å². The van der Waals surface area contributed by atoms with Crippen LogP contribution in [-0.2, 0) is 11.3 Å². The lowest BCUT2D eigenvalue weighted by Gasteiger charge is -2.23. The van der Waals surface area contributed by atoms with Crippen LogP contribution in [-0.4, -0.2) is 61.3 Å². The Morgan fingerprint density at radius 1 is 1.10 bits per heavy atom. The highest BCUT2D eigenvalue weighted by atomic mass is 35.5. The van der Waals surface area contributed by atoms with Gasteiger partial charge >= 0.3 is 5.97 Å². The van der Waals surface area contributed by atoms with E-state index in [1.165, 1.54) is 6.07 Å². The number of nitrogen functional groups attached to an aromatic ring is 1. The van der Waals surface area contributed by atoms with E-state index in [1.54, 1.807) is 62.5 Å². The highest BCUT2D eigenvalue weighted by molar-refractivity contribution is 6.31. The third-order valence-corrected chi connectivity index (χ3v) is 6.02. The van der Waals surface area contributed by atoms with E-state index in [2.05, 4.69) is 10.6 Å². The topological polar surface area (TPSA) is 170 Å². The van der Waals surface area contributed by atoms with Gasteiger partial charge in [-0.2, -0.15) is 0 Å². The number of aliphatic hydroxyl groups excluding tert-OH is 1. The van der Waals surface area contributed by atoms with Gasteiger partial charge in [0.15, 0.2) is 18.1 Å². The maximum Gasteiger partial charge on any atom is 0.341 e. The van der Waals surface area contributed by atoms with Crippen molar-refractivity contribution in [1.82, 2.24) is 0 Å². The average molecular weight is 570 g/mol. The molecule has 0 saturated carbocycles. The minimum absolute atomic E-state index is 0.0635. The van der Waals surface area contributed by atoms with Gasteiger partial charge in [-0.3, -0.25) is 10.2 Å². The van der Waals surface area contributed by atoms with E-state index in [9.17, 15) is 19.8 Å². The molecule has 0 spiro atoms. The molecule has 12 heteroatoms. The molecule has 0 aliphatic heterocycles. The van der Waals surface area contributed by atoms with Gasteiger partial charge in [0.1, 0.15) is 5.84 Å². The van der Waals surface area contributed by atoms with Crippen LogP contribution in [0.15, 0.2) is 54.6 Å². The summed E-state index contributed by atoms with van der Waals surface area (Å²) in [5.74, 6) is -1.04. The molecule has 40 heavy (non-hydrogen) atoms. The molecule has 0 aliphatic carbocycles. The van der Waals surface area contributed by atoms with Gasteiger partial charge in [-0.05, 0) is 55.5 Å². The maximum absolute atomic E-state index is 13.2. The van der Waals surface area contributed by atoms with Crippen molar-refractivity contribution >= 4 is 46.4 Å². The molecule has 0 radical (unpaired) electrons. The number of halogens is 1. The Bertz CT molecular complexity index is 1370. The first kappa shape index (κ1) is 30.1. The smallest absolute Gasteiger partial charge is 0.341 e.